The minimum Gasteiger partial charge on any atom is -0.374 e. The molecule has 1 rings (SSSR count). The first-order chi connectivity index (χ1) is 6.80. The Morgan fingerprint density at radius 2 is 2.00 bits per heavy atom. The van der Waals surface area contributed by atoms with Gasteiger partial charge in [0.15, 0.2) is 0 Å². The Labute approximate surface area is 86.8 Å². The lowest BCUT2D eigenvalue weighted by Gasteiger charge is -2.33. The SMILES string of the molecule is CC(C)OC1CC(=O)CCC1C(F)(F)F. The number of Topliss-reactive ketones (excluding diaryl/α,β-unsaturated/α-hetero) is 1. The lowest BCUT2D eigenvalue weighted by Crippen LogP contribution is -2.42. The van der Waals surface area contributed by atoms with E-state index in [2.05, 4.69) is 0 Å². The molecule has 2 nitrogen and oxygen atoms in total. The zero-order valence-electron chi connectivity index (χ0n) is 8.80. The van der Waals surface area contributed by atoms with Crippen LogP contribution in [0.5, 0.6) is 0 Å². The monoisotopic (exact) mass is 224 g/mol. The van der Waals surface area contributed by atoms with Gasteiger partial charge in [-0.3, -0.25) is 4.79 Å². The van der Waals surface area contributed by atoms with Crippen LogP contribution in [0.1, 0.15) is 33.1 Å². The molecule has 0 aromatic rings. The van der Waals surface area contributed by atoms with E-state index in [1.54, 1.807) is 13.8 Å². The molecule has 1 aliphatic rings. The predicted molar refractivity (Wildman–Crippen MR) is 48.4 cm³/mol. The highest BCUT2D eigenvalue weighted by atomic mass is 19.4. The first-order valence-corrected chi connectivity index (χ1v) is 5.04. The van der Waals surface area contributed by atoms with Gasteiger partial charge in [0.05, 0.1) is 18.1 Å². The number of hydrogen-bond acceptors (Lipinski definition) is 2. The van der Waals surface area contributed by atoms with E-state index in [1.165, 1.54) is 0 Å². The molecule has 0 spiro atoms. The van der Waals surface area contributed by atoms with E-state index in [0.29, 0.717) is 0 Å². The molecule has 1 saturated carbocycles. The molecule has 15 heavy (non-hydrogen) atoms. The molecular weight excluding hydrogens is 209 g/mol. The van der Waals surface area contributed by atoms with E-state index in [-0.39, 0.29) is 31.1 Å². The van der Waals surface area contributed by atoms with E-state index < -0.39 is 18.2 Å². The first kappa shape index (κ1) is 12.5. The smallest absolute Gasteiger partial charge is 0.374 e. The van der Waals surface area contributed by atoms with E-state index in [0.717, 1.165) is 0 Å². The van der Waals surface area contributed by atoms with Gasteiger partial charge in [0.2, 0.25) is 0 Å². The zero-order valence-corrected chi connectivity index (χ0v) is 8.80. The van der Waals surface area contributed by atoms with Crippen LogP contribution in [0.3, 0.4) is 0 Å². The molecule has 5 heteroatoms. The summed E-state index contributed by atoms with van der Waals surface area (Å²) in [6, 6.07) is 0. The standard InChI is InChI=1S/C10H15F3O2/c1-6(2)15-9-5-7(14)3-4-8(9)10(11,12)13/h6,8-9H,3-5H2,1-2H3. The van der Waals surface area contributed by atoms with E-state index >= 15 is 0 Å². The third kappa shape index (κ3) is 3.48. The molecule has 2 atom stereocenters. The number of carbonyl (C=O) groups is 1. The van der Waals surface area contributed by atoms with Crippen molar-refractivity contribution in [2.45, 2.75) is 51.5 Å². The molecular formula is C10H15F3O2. The maximum absolute atomic E-state index is 12.6. The van der Waals surface area contributed by atoms with Crippen LogP contribution in [0.15, 0.2) is 0 Å². The van der Waals surface area contributed by atoms with Gasteiger partial charge in [0, 0.05) is 12.8 Å². The highest BCUT2D eigenvalue weighted by Gasteiger charge is 2.47. The van der Waals surface area contributed by atoms with Gasteiger partial charge in [-0.2, -0.15) is 13.2 Å². The van der Waals surface area contributed by atoms with E-state index in [4.69, 9.17) is 4.74 Å². The molecule has 2 unspecified atom stereocenters. The van der Waals surface area contributed by atoms with Gasteiger partial charge in [0.25, 0.3) is 0 Å². The first-order valence-electron chi connectivity index (χ1n) is 5.04. The van der Waals surface area contributed by atoms with Crippen molar-refractivity contribution in [2.75, 3.05) is 0 Å². The largest absolute Gasteiger partial charge is 0.394 e. The summed E-state index contributed by atoms with van der Waals surface area (Å²) >= 11 is 0. The fourth-order valence-corrected chi connectivity index (χ4v) is 1.84. The highest BCUT2D eigenvalue weighted by Crippen LogP contribution is 2.38. The van der Waals surface area contributed by atoms with Gasteiger partial charge < -0.3 is 4.74 Å². The Morgan fingerprint density at radius 1 is 1.40 bits per heavy atom. The van der Waals surface area contributed by atoms with E-state index in [9.17, 15) is 18.0 Å². The number of hydrogen-bond donors (Lipinski definition) is 0. The Bertz CT molecular complexity index is 235. The Hall–Kier alpha value is -0.580. The van der Waals surface area contributed by atoms with Crippen LogP contribution in [0, 0.1) is 5.92 Å². The Balaban J connectivity index is 2.70. The second-order valence-corrected chi connectivity index (χ2v) is 4.15. The predicted octanol–water partition coefficient (Wildman–Crippen LogP) is 2.71. The lowest BCUT2D eigenvalue weighted by molar-refractivity contribution is -0.219. The van der Waals surface area contributed by atoms with Gasteiger partial charge in [-0.25, -0.2) is 0 Å². The van der Waals surface area contributed by atoms with Gasteiger partial charge in [-0.15, -0.1) is 0 Å². The molecule has 0 N–H and O–H groups in total. The second kappa shape index (κ2) is 4.51. The van der Waals surface area contributed by atoms with Gasteiger partial charge in [0.1, 0.15) is 5.78 Å². The topological polar surface area (TPSA) is 26.3 Å². The molecule has 88 valence electrons. The summed E-state index contributed by atoms with van der Waals surface area (Å²) in [5.74, 6) is -1.63. The van der Waals surface area contributed by atoms with Crippen molar-refractivity contribution in [1.29, 1.82) is 0 Å². The van der Waals surface area contributed by atoms with Gasteiger partial charge in [-0.05, 0) is 20.3 Å². The van der Waals surface area contributed by atoms with Crippen molar-refractivity contribution in [3.63, 3.8) is 0 Å². The summed E-state index contributed by atoms with van der Waals surface area (Å²) in [5.41, 5.74) is 0. The van der Waals surface area contributed by atoms with Crippen LogP contribution in [-0.4, -0.2) is 24.2 Å². The molecule has 0 amide bonds. The van der Waals surface area contributed by atoms with Crippen LogP contribution in [0.4, 0.5) is 13.2 Å². The van der Waals surface area contributed by atoms with Crippen molar-refractivity contribution in [2.24, 2.45) is 5.92 Å². The third-order valence-electron chi connectivity index (χ3n) is 2.48. The molecule has 0 heterocycles. The average molecular weight is 224 g/mol. The summed E-state index contributed by atoms with van der Waals surface area (Å²) in [6.07, 6.45) is -5.78. The highest BCUT2D eigenvalue weighted by molar-refractivity contribution is 5.79. The Morgan fingerprint density at radius 3 is 2.47 bits per heavy atom. The molecule has 0 aliphatic heterocycles. The molecule has 0 aromatic carbocycles. The number of carbonyl (C=O) groups excluding carboxylic acids is 1. The van der Waals surface area contributed by atoms with Crippen molar-refractivity contribution >= 4 is 5.78 Å². The second-order valence-electron chi connectivity index (χ2n) is 4.15. The summed E-state index contributed by atoms with van der Waals surface area (Å²) in [6.45, 7) is 3.35. The van der Waals surface area contributed by atoms with Crippen LogP contribution >= 0.6 is 0 Å². The fourth-order valence-electron chi connectivity index (χ4n) is 1.84. The summed E-state index contributed by atoms with van der Waals surface area (Å²) in [7, 11) is 0. The normalized spacial score (nSPS) is 28.5. The number of ether oxygens (including phenoxy) is 1. The minimum atomic E-state index is -4.26. The summed E-state index contributed by atoms with van der Waals surface area (Å²) < 4.78 is 42.9. The van der Waals surface area contributed by atoms with Crippen molar-refractivity contribution in [3.8, 4) is 0 Å². The van der Waals surface area contributed by atoms with Crippen molar-refractivity contribution in [1.82, 2.24) is 0 Å². The van der Waals surface area contributed by atoms with Crippen LogP contribution in [0.2, 0.25) is 0 Å². The Kier molecular flexibility index (Phi) is 3.76. The molecule has 0 saturated heterocycles. The summed E-state index contributed by atoms with van der Waals surface area (Å²) in [4.78, 5) is 11.1. The van der Waals surface area contributed by atoms with E-state index in [1.807, 2.05) is 0 Å². The summed E-state index contributed by atoms with van der Waals surface area (Å²) in [5, 5.41) is 0. The maximum atomic E-state index is 12.6. The average Bonchev–Trinajstić information content (AvgIpc) is 1.99. The van der Waals surface area contributed by atoms with Crippen LogP contribution in [-0.2, 0) is 9.53 Å². The zero-order chi connectivity index (χ0) is 11.6. The number of ketones is 1. The number of rotatable bonds is 2. The maximum Gasteiger partial charge on any atom is 0.394 e. The molecule has 0 aromatic heterocycles. The van der Waals surface area contributed by atoms with Crippen LogP contribution < -0.4 is 0 Å². The van der Waals surface area contributed by atoms with Crippen LogP contribution in [0.25, 0.3) is 0 Å². The quantitative estimate of drug-likeness (QED) is 0.720. The minimum absolute atomic E-state index is 0.0160. The number of halogens is 3. The fraction of sp³-hybridized carbons (Fsp3) is 0.900. The third-order valence-corrected chi connectivity index (χ3v) is 2.48. The van der Waals surface area contributed by atoms with Gasteiger partial charge in [-0.1, -0.05) is 0 Å². The molecule has 1 fully saturated rings. The van der Waals surface area contributed by atoms with Crippen molar-refractivity contribution in [3.05, 3.63) is 0 Å². The molecule has 1 aliphatic carbocycles. The molecule has 0 radical (unpaired) electrons. The molecule has 0 bridgehead atoms. The van der Waals surface area contributed by atoms with Crippen molar-refractivity contribution < 1.29 is 22.7 Å². The van der Waals surface area contributed by atoms with Gasteiger partial charge >= 0.3 is 6.18 Å². The number of alkyl halides is 3. The lowest BCUT2D eigenvalue weighted by atomic mass is 9.85.